The molecule has 0 N–H and O–H groups in total. The molecule has 0 saturated carbocycles. The summed E-state index contributed by atoms with van der Waals surface area (Å²) in [6.07, 6.45) is 7.43. The molecule has 2 rings (SSSR count). The Hall–Kier alpha value is -1.47. The predicted molar refractivity (Wildman–Crippen MR) is 76.8 cm³/mol. The fourth-order valence-corrected chi connectivity index (χ4v) is 2.39. The molecule has 0 bridgehead atoms. The molecule has 0 radical (unpaired) electrons. The molecule has 0 aliphatic heterocycles. The highest BCUT2D eigenvalue weighted by atomic mass is 79.9. The van der Waals surface area contributed by atoms with Gasteiger partial charge in [0.15, 0.2) is 0 Å². The van der Waals surface area contributed by atoms with Crippen LogP contribution in [0.1, 0.15) is 5.56 Å². The van der Waals surface area contributed by atoms with Crippen LogP contribution in [0, 0.1) is 11.3 Å². The zero-order valence-electron chi connectivity index (χ0n) is 9.65. The van der Waals surface area contributed by atoms with E-state index in [9.17, 15) is 0 Å². The number of benzene rings is 1. The fourth-order valence-electron chi connectivity index (χ4n) is 1.83. The molecule has 0 fully saturated rings. The second kappa shape index (κ2) is 5.24. The van der Waals surface area contributed by atoms with Gasteiger partial charge in [-0.1, -0.05) is 18.5 Å². The molecule has 1 aromatic carbocycles. The number of hydrogen-bond donors (Lipinski definition) is 0. The van der Waals surface area contributed by atoms with Gasteiger partial charge in [-0.25, -0.2) is 0 Å². The molecule has 0 saturated heterocycles. The summed E-state index contributed by atoms with van der Waals surface area (Å²) in [6.45, 7) is 0.863. The van der Waals surface area contributed by atoms with Crippen LogP contribution >= 0.6 is 15.9 Å². The Morgan fingerprint density at radius 3 is 2.94 bits per heavy atom. The topological polar surface area (TPSA) is 28.7 Å². The predicted octanol–water partition coefficient (Wildman–Crippen LogP) is 2.88. The van der Waals surface area contributed by atoms with Crippen molar-refractivity contribution in [2.24, 2.45) is 0 Å². The van der Waals surface area contributed by atoms with Gasteiger partial charge in [0, 0.05) is 28.1 Å². The molecule has 84 valence electrons. The number of rotatable bonds is 3. The third kappa shape index (κ3) is 2.45. The van der Waals surface area contributed by atoms with Crippen molar-refractivity contribution in [1.29, 1.82) is 5.26 Å². The molecule has 2 nitrogen and oxygen atoms in total. The molecular formula is C13H12BBrN2. The zero-order chi connectivity index (χ0) is 12.3. The molecule has 1 aromatic heterocycles. The molecule has 0 spiro atoms. The average Bonchev–Trinajstić information content (AvgIpc) is 2.66. The minimum absolute atomic E-state index is 0.694. The summed E-state index contributed by atoms with van der Waals surface area (Å²) in [5.74, 6) is 0. The average molecular weight is 287 g/mol. The summed E-state index contributed by atoms with van der Waals surface area (Å²) in [7, 11) is 2.12. The van der Waals surface area contributed by atoms with Crippen molar-refractivity contribution in [3.8, 4) is 6.07 Å². The lowest BCUT2D eigenvalue weighted by Crippen LogP contribution is -1.92. The lowest BCUT2D eigenvalue weighted by molar-refractivity contribution is 0.860. The van der Waals surface area contributed by atoms with Gasteiger partial charge < -0.3 is 4.57 Å². The van der Waals surface area contributed by atoms with Crippen molar-refractivity contribution < 1.29 is 0 Å². The summed E-state index contributed by atoms with van der Waals surface area (Å²) in [5.41, 5.74) is 1.84. The maximum atomic E-state index is 8.88. The van der Waals surface area contributed by atoms with Gasteiger partial charge >= 0.3 is 0 Å². The Kier molecular flexibility index (Phi) is 3.70. The second-order valence-electron chi connectivity index (χ2n) is 3.85. The maximum Gasteiger partial charge on any atom is 0.106 e. The number of allylic oxidation sites excluding steroid dienone is 2. The lowest BCUT2D eigenvalue weighted by atomic mass is 10.1. The van der Waals surface area contributed by atoms with E-state index >= 15 is 0 Å². The van der Waals surface area contributed by atoms with Crippen molar-refractivity contribution in [2.75, 3.05) is 0 Å². The van der Waals surface area contributed by atoms with E-state index < -0.39 is 0 Å². The fraction of sp³-hybridized carbons (Fsp3) is 0.154. The Bertz CT molecular complexity index is 608. The number of aromatic nitrogens is 1. The smallest absolute Gasteiger partial charge is 0.106 e. The van der Waals surface area contributed by atoms with Gasteiger partial charge in [-0.05, 0) is 34.1 Å². The van der Waals surface area contributed by atoms with E-state index in [1.54, 1.807) is 0 Å². The van der Waals surface area contributed by atoms with Crippen molar-refractivity contribution in [2.45, 2.75) is 12.9 Å². The molecule has 1 heterocycles. The van der Waals surface area contributed by atoms with Crippen LogP contribution in [-0.2, 0) is 6.54 Å². The van der Waals surface area contributed by atoms with Crippen LogP contribution in [0.3, 0.4) is 0 Å². The van der Waals surface area contributed by atoms with Gasteiger partial charge in [-0.3, -0.25) is 0 Å². The number of halogens is 1. The SMILES string of the molecule is BC/C=C/Cn1cc(Br)c2cc(C#N)ccc21. The quantitative estimate of drug-likeness (QED) is 0.630. The first-order chi connectivity index (χ1) is 8.26. The Morgan fingerprint density at radius 1 is 1.41 bits per heavy atom. The van der Waals surface area contributed by atoms with Gasteiger partial charge in [0.2, 0.25) is 0 Å². The van der Waals surface area contributed by atoms with Gasteiger partial charge in [-0.15, -0.1) is 0 Å². The van der Waals surface area contributed by atoms with Crippen molar-refractivity contribution in [3.05, 3.63) is 46.6 Å². The van der Waals surface area contributed by atoms with E-state index in [1.807, 2.05) is 18.2 Å². The zero-order valence-corrected chi connectivity index (χ0v) is 11.2. The van der Waals surface area contributed by atoms with Crippen LogP contribution in [0.25, 0.3) is 10.9 Å². The molecule has 0 aliphatic carbocycles. The van der Waals surface area contributed by atoms with E-state index in [0.29, 0.717) is 5.56 Å². The summed E-state index contributed by atoms with van der Waals surface area (Å²) in [4.78, 5) is 0. The van der Waals surface area contributed by atoms with Crippen molar-refractivity contribution >= 4 is 34.7 Å². The third-order valence-corrected chi connectivity index (χ3v) is 3.30. The van der Waals surface area contributed by atoms with Crippen LogP contribution in [0.15, 0.2) is 41.0 Å². The van der Waals surface area contributed by atoms with E-state index in [-0.39, 0.29) is 0 Å². The molecule has 2 aromatic rings. The van der Waals surface area contributed by atoms with E-state index in [4.69, 9.17) is 5.26 Å². The summed E-state index contributed by atoms with van der Waals surface area (Å²) in [6, 6.07) is 7.93. The van der Waals surface area contributed by atoms with Gasteiger partial charge in [0.1, 0.15) is 7.85 Å². The monoisotopic (exact) mass is 286 g/mol. The van der Waals surface area contributed by atoms with E-state index in [1.165, 1.54) is 0 Å². The van der Waals surface area contributed by atoms with Crippen LogP contribution in [0.5, 0.6) is 0 Å². The molecule has 0 amide bonds. The Morgan fingerprint density at radius 2 is 2.24 bits per heavy atom. The molecule has 0 aliphatic rings. The van der Waals surface area contributed by atoms with Crippen LogP contribution in [0.2, 0.25) is 6.32 Å². The molecular weight excluding hydrogens is 275 g/mol. The molecule has 0 unspecified atom stereocenters. The van der Waals surface area contributed by atoms with Crippen LogP contribution in [-0.4, -0.2) is 12.4 Å². The highest BCUT2D eigenvalue weighted by Crippen LogP contribution is 2.27. The highest BCUT2D eigenvalue weighted by Gasteiger charge is 2.06. The number of nitriles is 1. The van der Waals surface area contributed by atoms with Gasteiger partial charge in [0.25, 0.3) is 0 Å². The molecule has 4 heteroatoms. The minimum atomic E-state index is 0.694. The normalized spacial score (nSPS) is 11.1. The first-order valence-electron chi connectivity index (χ1n) is 5.59. The standard InChI is InChI=1S/C13H12BBrN2/c14-5-1-2-6-17-9-12(15)11-7-10(8-16)3-4-13(11)17/h1-4,7,9H,5-6,14H2/b2-1+. The molecule has 17 heavy (non-hydrogen) atoms. The Balaban J connectivity index is 2.46. The first kappa shape index (κ1) is 12.0. The first-order valence-corrected chi connectivity index (χ1v) is 6.39. The van der Waals surface area contributed by atoms with Crippen molar-refractivity contribution in [1.82, 2.24) is 4.57 Å². The number of nitrogens with zero attached hydrogens (tertiary/aromatic N) is 2. The lowest BCUT2D eigenvalue weighted by Gasteiger charge is -2.00. The largest absolute Gasteiger partial charge is 0.342 e. The molecule has 0 atom stereocenters. The Labute approximate surface area is 110 Å². The summed E-state index contributed by atoms with van der Waals surface area (Å²) >= 11 is 3.54. The minimum Gasteiger partial charge on any atom is -0.342 e. The van der Waals surface area contributed by atoms with Crippen LogP contribution < -0.4 is 0 Å². The van der Waals surface area contributed by atoms with Gasteiger partial charge in [-0.2, -0.15) is 5.26 Å². The van der Waals surface area contributed by atoms with Crippen LogP contribution in [0.4, 0.5) is 0 Å². The summed E-state index contributed by atoms with van der Waals surface area (Å²) < 4.78 is 3.21. The van der Waals surface area contributed by atoms with E-state index in [2.05, 4.69) is 52.8 Å². The maximum absolute atomic E-state index is 8.88. The van der Waals surface area contributed by atoms with E-state index in [0.717, 1.165) is 28.2 Å². The number of hydrogen-bond acceptors (Lipinski definition) is 1. The third-order valence-electron chi connectivity index (χ3n) is 2.67. The summed E-state index contributed by atoms with van der Waals surface area (Å²) in [5, 5.41) is 9.98. The number of fused-ring (bicyclic) bond motifs is 1. The second-order valence-corrected chi connectivity index (χ2v) is 4.71. The van der Waals surface area contributed by atoms with Gasteiger partial charge in [0.05, 0.1) is 11.6 Å². The highest BCUT2D eigenvalue weighted by molar-refractivity contribution is 9.10. The van der Waals surface area contributed by atoms with Crippen molar-refractivity contribution in [3.63, 3.8) is 0 Å².